The Labute approximate surface area is 179 Å². The Morgan fingerprint density at radius 3 is 2.47 bits per heavy atom. The van der Waals surface area contributed by atoms with Crippen LogP contribution in [0.5, 0.6) is 0 Å². The molecule has 2 aromatic carbocycles. The SMILES string of the molecule is Cc1cc(C)cc(N(CCC#N)C(=O)CSc2nnc(-c3ccc(F)cc3)n2C)c1. The predicted molar refractivity (Wildman–Crippen MR) is 116 cm³/mol. The molecule has 3 rings (SSSR count). The molecule has 154 valence electrons. The number of amides is 1. The molecule has 0 saturated heterocycles. The number of carbonyl (C=O) groups is 1. The van der Waals surface area contributed by atoms with Crippen molar-refractivity contribution < 1.29 is 9.18 Å². The summed E-state index contributed by atoms with van der Waals surface area (Å²) in [5, 5.41) is 17.9. The molecule has 6 nitrogen and oxygen atoms in total. The number of nitrogens with zero attached hydrogens (tertiary/aromatic N) is 5. The first kappa shape index (κ1) is 21.5. The molecule has 0 aliphatic rings. The number of hydrogen-bond donors (Lipinski definition) is 0. The topological polar surface area (TPSA) is 74.8 Å². The highest BCUT2D eigenvalue weighted by molar-refractivity contribution is 7.99. The first-order valence-electron chi connectivity index (χ1n) is 9.43. The number of thioether (sulfide) groups is 1. The highest BCUT2D eigenvalue weighted by Gasteiger charge is 2.19. The van der Waals surface area contributed by atoms with Crippen molar-refractivity contribution in [3.05, 3.63) is 59.4 Å². The van der Waals surface area contributed by atoms with E-state index in [1.54, 1.807) is 21.6 Å². The van der Waals surface area contributed by atoms with E-state index in [1.165, 1.54) is 23.9 Å². The molecule has 1 amide bonds. The van der Waals surface area contributed by atoms with Crippen molar-refractivity contribution in [1.29, 1.82) is 5.26 Å². The van der Waals surface area contributed by atoms with Crippen molar-refractivity contribution in [2.75, 3.05) is 17.2 Å². The van der Waals surface area contributed by atoms with Gasteiger partial charge in [0.15, 0.2) is 11.0 Å². The van der Waals surface area contributed by atoms with Crippen LogP contribution in [0.2, 0.25) is 0 Å². The number of aromatic nitrogens is 3. The summed E-state index contributed by atoms with van der Waals surface area (Å²) in [5.41, 5.74) is 3.66. The number of halogens is 1. The molecule has 0 fully saturated rings. The van der Waals surface area contributed by atoms with Crippen LogP contribution in [0.4, 0.5) is 10.1 Å². The standard InChI is InChI=1S/C22H22FN5OS/c1-15-11-16(2)13-19(12-15)28(10-4-9-24)20(29)14-30-22-26-25-21(27(22)3)17-5-7-18(23)8-6-17/h5-8,11-13H,4,10,14H2,1-3H3. The van der Waals surface area contributed by atoms with Gasteiger partial charge in [0.05, 0.1) is 18.2 Å². The third-order valence-electron chi connectivity index (χ3n) is 4.53. The first-order chi connectivity index (χ1) is 14.4. The Hall–Kier alpha value is -3.18. The first-order valence-corrected chi connectivity index (χ1v) is 10.4. The molecular weight excluding hydrogens is 401 g/mol. The molecule has 0 aliphatic heterocycles. The molecule has 0 atom stereocenters. The summed E-state index contributed by atoms with van der Waals surface area (Å²) >= 11 is 1.28. The molecule has 3 aromatic rings. The molecule has 30 heavy (non-hydrogen) atoms. The van der Waals surface area contributed by atoms with Crippen molar-refractivity contribution in [1.82, 2.24) is 14.8 Å². The quantitative estimate of drug-likeness (QED) is 0.530. The van der Waals surface area contributed by atoms with Gasteiger partial charge >= 0.3 is 0 Å². The highest BCUT2D eigenvalue weighted by Crippen LogP contribution is 2.25. The molecule has 0 spiro atoms. The largest absolute Gasteiger partial charge is 0.311 e. The number of carbonyl (C=O) groups excluding carboxylic acids is 1. The van der Waals surface area contributed by atoms with E-state index in [0.29, 0.717) is 17.5 Å². The minimum atomic E-state index is -0.315. The van der Waals surface area contributed by atoms with Crippen molar-refractivity contribution in [3.63, 3.8) is 0 Å². The second-order valence-electron chi connectivity index (χ2n) is 6.96. The van der Waals surface area contributed by atoms with E-state index in [-0.39, 0.29) is 23.9 Å². The average Bonchev–Trinajstić information content (AvgIpc) is 3.07. The summed E-state index contributed by atoms with van der Waals surface area (Å²) in [6.07, 6.45) is 0.252. The van der Waals surface area contributed by atoms with Crippen LogP contribution in [-0.4, -0.2) is 33.0 Å². The van der Waals surface area contributed by atoms with Gasteiger partial charge in [-0.15, -0.1) is 10.2 Å². The van der Waals surface area contributed by atoms with Crippen LogP contribution in [0.1, 0.15) is 17.5 Å². The summed E-state index contributed by atoms with van der Waals surface area (Å²) < 4.78 is 14.9. The maximum absolute atomic E-state index is 13.2. The summed E-state index contributed by atoms with van der Waals surface area (Å²) in [7, 11) is 1.81. The molecule has 0 saturated carbocycles. The van der Waals surface area contributed by atoms with Gasteiger partial charge in [0.25, 0.3) is 0 Å². The third kappa shape index (κ3) is 5.05. The lowest BCUT2D eigenvalue weighted by atomic mass is 10.1. The van der Waals surface area contributed by atoms with Gasteiger partial charge < -0.3 is 9.47 Å². The summed E-state index contributed by atoms with van der Waals surface area (Å²) in [6, 6.07) is 14.1. The summed E-state index contributed by atoms with van der Waals surface area (Å²) in [4.78, 5) is 14.6. The lowest BCUT2D eigenvalue weighted by Crippen LogP contribution is -2.33. The zero-order chi connectivity index (χ0) is 21.7. The fourth-order valence-corrected chi connectivity index (χ4v) is 3.95. The van der Waals surface area contributed by atoms with Gasteiger partial charge in [0.1, 0.15) is 5.82 Å². The maximum atomic E-state index is 13.2. The monoisotopic (exact) mass is 423 g/mol. The van der Waals surface area contributed by atoms with Crippen LogP contribution in [0.15, 0.2) is 47.6 Å². The lowest BCUT2D eigenvalue weighted by molar-refractivity contribution is -0.116. The third-order valence-corrected chi connectivity index (χ3v) is 5.53. The second kappa shape index (κ2) is 9.55. The van der Waals surface area contributed by atoms with Gasteiger partial charge in [-0.3, -0.25) is 4.79 Å². The van der Waals surface area contributed by atoms with Crippen LogP contribution in [0, 0.1) is 31.0 Å². The minimum absolute atomic E-state index is 0.105. The Bertz CT molecular complexity index is 1070. The van der Waals surface area contributed by atoms with Gasteiger partial charge in [-0.25, -0.2) is 4.39 Å². The molecule has 0 unspecified atom stereocenters. The van der Waals surface area contributed by atoms with Gasteiger partial charge in [-0.1, -0.05) is 17.8 Å². The lowest BCUT2D eigenvalue weighted by Gasteiger charge is -2.22. The van der Waals surface area contributed by atoms with E-state index in [0.717, 1.165) is 22.4 Å². The zero-order valence-corrected chi connectivity index (χ0v) is 17.9. The number of aryl methyl sites for hydroxylation is 2. The van der Waals surface area contributed by atoms with Gasteiger partial charge in [-0.2, -0.15) is 5.26 Å². The summed E-state index contributed by atoms with van der Waals surface area (Å²) in [6.45, 7) is 4.29. The summed E-state index contributed by atoms with van der Waals surface area (Å²) in [5.74, 6) is 0.338. The molecular formula is C22H22FN5OS. The van der Waals surface area contributed by atoms with Crippen LogP contribution in [0.25, 0.3) is 11.4 Å². The molecule has 8 heteroatoms. The molecule has 1 aromatic heterocycles. The molecule has 0 radical (unpaired) electrons. The minimum Gasteiger partial charge on any atom is -0.311 e. The smallest absolute Gasteiger partial charge is 0.237 e. The Balaban J connectivity index is 1.75. The van der Waals surface area contributed by atoms with Crippen molar-refractivity contribution in [2.45, 2.75) is 25.4 Å². The van der Waals surface area contributed by atoms with Crippen molar-refractivity contribution in [2.24, 2.45) is 7.05 Å². The van der Waals surface area contributed by atoms with Crippen LogP contribution in [-0.2, 0) is 11.8 Å². The molecule has 0 N–H and O–H groups in total. The Morgan fingerprint density at radius 1 is 1.17 bits per heavy atom. The van der Waals surface area contributed by atoms with Gasteiger partial charge in [-0.05, 0) is 61.4 Å². The van der Waals surface area contributed by atoms with E-state index in [9.17, 15) is 9.18 Å². The van der Waals surface area contributed by atoms with E-state index in [2.05, 4.69) is 16.3 Å². The number of hydrogen-bond acceptors (Lipinski definition) is 5. The number of nitriles is 1. The Morgan fingerprint density at radius 2 is 1.83 bits per heavy atom. The zero-order valence-electron chi connectivity index (χ0n) is 17.1. The normalized spacial score (nSPS) is 10.6. The highest BCUT2D eigenvalue weighted by atomic mass is 32.2. The number of anilines is 1. The predicted octanol–water partition coefficient (Wildman–Crippen LogP) is 4.28. The van der Waals surface area contributed by atoms with Crippen LogP contribution >= 0.6 is 11.8 Å². The van der Waals surface area contributed by atoms with Crippen LogP contribution in [0.3, 0.4) is 0 Å². The second-order valence-corrected chi connectivity index (χ2v) is 7.90. The van der Waals surface area contributed by atoms with E-state index in [4.69, 9.17) is 5.26 Å². The average molecular weight is 424 g/mol. The van der Waals surface area contributed by atoms with E-state index in [1.807, 2.05) is 39.1 Å². The van der Waals surface area contributed by atoms with Crippen molar-refractivity contribution >= 4 is 23.4 Å². The number of rotatable bonds is 7. The Kier molecular flexibility index (Phi) is 6.85. The van der Waals surface area contributed by atoms with E-state index >= 15 is 0 Å². The van der Waals surface area contributed by atoms with Gasteiger partial charge in [0.2, 0.25) is 5.91 Å². The van der Waals surface area contributed by atoms with Crippen molar-refractivity contribution in [3.8, 4) is 17.5 Å². The number of benzene rings is 2. The molecule has 1 heterocycles. The van der Waals surface area contributed by atoms with Gasteiger partial charge in [0, 0.05) is 24.8 Å². The molecule has 0 bridgehead atoms. The van der Waals surface area contributed by atoms with Crippen LogP contribution < -0.4 is 4.90 Å². The molecule has 0 aliphatic carbocycles. The van der Waals surface area contributed by atoms with E-state index < -0.39 is 0 Å². The fourth-order valence-electron chi connectivity index (χ4n) is 3.16. The maximum Gasteiger partial charge on any atom is 0.237 e. The fraction of sp³-hybridized carbons (Fsp3) is 0.273.